The summed E-state index contributed by atoms with van der Waals surface area (Å²) < 4.78 is 5.01. The van der Waals surface area contributed by atoms with Gasteiger partial charge in [-0.05, 0) is 30.5 Å². The van der Waals surface area contributed by atoms with Crippen LogP contribution in [0.4, 0.5) is 5.69 Å². The van der Waals surface area contributed by atoms with Crippen LogP contribution in [0.1, 0.15) is 32.3 Å². The molecule has 0 spiro atoms. The van der Waals surface area contributed by atoms with E-state index in [4.69, 9.17) is 16.3 Å². The van der Waals surface area contributed by atoms with Crippen molar-refractivity contribution < 1.29 is 4.74 Å². The van der Waals surface area contributed by atoms with E-state index in [1.807, 2.05) is 0 Å². The minimum atomic E-state index is 0.566. The average Bonchev–Trinajstić information content (AvgIpc) is 2.46. The predicted octanol–water partition coefficient (Wildman–Crippen LogP) is 3.70. The van der Waals surface area contributed by atoms with Crippen molar-refractivity contribution in [2.24, 2.45) is 0 Å². The number of methoxy groups -OCH3 is 1. The third-order valence-corrected chi connectivity index (χ3v) is 4.08. The van der Waals surface area contributed by atoms with Gasteiger partial charge in [0.1, 0.15) is 0 Å². The van der Waals surface area contributed by atoms with Crippen molar-refractivity contribution in [2.45, 2.75) is 39.3 Å². The maximum atomic E-state index is 6.38. The first-order valence-corrected chi connectivity index (χ1v) is 7.72. The van der Waals surface area contributed by atoms with Crippen LogP contribution in [-0.4, -0.2) is 33.4 Å². The summed E-state index contributed by atoms with van der Waals surface area (Å²) in [5, 5.41) is 4.14. The summed E-state index contributed by atoms with van der Waals surface area (Å²) in [7, 11) is 3.84. The summed E-state index contributed by atoms with van der Waals surface area (Å²) >= 11 is 6.38. The zero-order valence-corrected chi connectivity index (χ0v) is 13.8. The summed E-state index contributed by atoms with van der Waals surface area (Å²) in [5.41, 5.74) is 2.31. The average molecular weight is 299 g/mol. The van der Waals surface area contributed by atoms with Crippen LogP contribution in [0.15, 0.2) is 18.2 Å². The third-order valence-electron chi connectivity index (χ3n) is 3.73. The van der Waals surface area contributed by atoms with E-state index < -0.39 is 0 Å². The molecule has 1 N–H and O–H groups in total. The van der Waals surface area contributed by atoms with Crippen molar-refractivity contribution in [3.8, 4) is 0 Å². The standard InChI is InChI=1S/C16H27ClN2O/c1-5-14(6-2)19(3)15-8-7-13(16(17)11-15)12-18-9-10-20-4/h7-8,11,14,18H,5-6,9-10,12H2,1-4H3. The van der Waals surface area contributed by atoms with Crippen LogP contribution in [0.3, 0.4) is 0 Å². The Morgan fingerprint density at radius 2 is 2.00 bits per heavy atom. The van der Waals surface area contributed by atoms with Crippen LogP contribution in [0.25, 0.3) is 0 Å². The molecule has 0 aliphatic heterocycles. The summed E-state index contributed by atoms with van der Waals surface area (Å²) in [6.07, 6.45) is 2.29. The first-order valence-electron chi connectivity index (χ1n) is 7.34. The molecule has 0 bridgehead atoms. The smallest absolute Gasteiger partial charge is 0.0587 e. The number of halogens is 1. The Kier molecular flexibility index (Phi) is 7.97. The van der Waals surface area contributed by atoms with Crippen molar-refractivity contribution in [3.63, 3.8) is 0 Å². The third kappa shape index (κ3) is 4.97. The first kappa shape index (κ1) is 17.3. The zero-order valence-electron chi connectivity index (χ0n) is 13.1. The molecule has 0 amide bonds. The molecule has 0 aliphatic rings. The summed E-state index contributed by atoms with van der Waals surface area (Å²) in [6, 6.07) is 6.89. The summed E-state index contributed by atoms with van der Waals surface area (Å²) in [5.74, 6) is 0. The Morgan fingerprint density at radius 3 is 2.55 bits per heavy atom. The number of hydrogen-bond acceptors (Lipinski definition) is 3. The molecule has 1 rings (SSSR count). The van der Waals surface area contributed by atoms with Crippen LogP contribution < -0.4 is 10.2 Å². The molecular formula is C16H27ClN2O. The Bertz CT molecular complexity index is 394. The normalized spacial score (nSPS) is 11.1. The van der Waals surface area contributed by atoms with Crippen molar-refractivity contribution >= 4 is 17.3 Å². The van der Waals surface area contributed by atoms with Crippen molar-refractivity contribution in [3.05, 3.63) is 28.8 Å². The lowest BCUT2D eigenvalue weighted by Crippen LogP contribution is -2.30. The van der Waals surface area contributed by atoms with Crippen molar-refractivity contribution in [1.29, 1.82) is 0 Å². The molecule has 0 saturated heterocycles. The molecular weight excluding hydrogens is 272 g/mol. The van der Waals surface area contributed by atoms with E-state index in [1.165, 1.54) is 5.69 Å². The predicted molar refractivity (Wildman–Crippen MR) is 87.8 cm³/mol. The van der Waals surface area contributed by atoms with Gasteiger partial charge >= 0.3 is 0 Å². The van der Waals surface area contributed by atoms with Crippen LogP contribution in [0, 0.1) is 0 Å². The number of nitrogens with zero attached hydrogens (tertiary/aromatic N) is 1. The van der Waals surface area contributed by atoms with Gasteiger partial charge in [0.2, 0.25) is 0 Å². The summed E-state index contributed by atoms with van der Waals surface area (Å²) in [6.45, 7) is 6.77. The fraction of sp³-hybridized carbons (Fsp3) is 0.625. The second kappa shape index (κ2) is 9.22. The van der Waals surface area contributed by atoms with Gasteiger partial charge in [0.15, 0.2) is 0 Å². The van der Waals surface area contributed by atoms with Gasteiger partial charge in [-0.25, -0.2) is 0 Å². The second-order valence-electron chi connectivity index (χ2n) is 5.03. The van der Waals surface area contributed by atoms with Gasteiger partial charge in [0.05, 0.1) is 6.61 Å². The fourth-order valence-corrected chi connectivity index (χ4v) is 2.59. The minimum absolute atomic E-state index is 0.566. The Labute approximate surface area is 128 Å². The maximum absolute atomic E-state index is 6.38. The van der Waals surface area contributed by atoms with E-state index in [1.54, 1.807) is 7.11 Å². The first-order chi connectivity index (χ1) is 9.63. The highest BCUT2D eigenvalue weighted by Gasteiger charge is 2.12. The van der Waals surface area contributed by atoms with Gasteiger partial charge in [-0.15, -0.1) is 0 Å². The summed E-state index contributed by atoms with van der Waals surface area (Å²) in [4.78, 5) is 2.31. The number of rotatable bonds is 9. The number of benzene rings is 1. The van der Waals surface area contributed by atoms with Gasteiger partial charge in [-0.1, -0.05) is 31.5 Å². The molecule has 0 atom stereocenters. The monoisotopic (exact) mass is 298 g/mol. The van der Waals surface area contributed by atoms with E-state index in [-0.39, 0.29) is 0 Å². The van der Waals surface area contributed by atoms with Gasteiger partial charge in [-0.3, -0.25) is 0 Å². The number of anilines is 1. The molecule has 0 saturated carbocycles. The number of ether oxygens (including phenoxy) is 1. The lowest BCUT2D eigenvalue weighted by molar-refractivity contribution is 0.199. The Morgan fingerprint density at radius 1 is 1.30 bits per heavy atom. The molecule has 20 heavy (non-hydrogen) atoms. The molecule has 4 heteroatoms. The Balaban J connectivity index is 2.67. The van der Waals surface area contributed by atoms with E-state index in [2.05, 4.69) is 49.3 Å². The fourth-order valence-electron chi connectivity index (χ4n) is 2.34. The highest BCUT2D eigenvalue weighted by Crippen LogP contribution is 2.25. The van der Waals surface area contributed by atoms with Gasteiger partial charge in [-0.2, -0.15) is 0 Å². The topological polar surface area (TPSA) is 24.5 Å². The molecule has 1 aromatic carbocycles. The maximum Gasteiger partial charge on any atom is 0.0587 e. The molecule has 0 aromatic heterocycles. The SMILES string of the molecule is CCC(CC)N(C)c1ccc(CNCCOC)c(Cl)c1. The molecule has 0 fully saturated rings. The molecule has 0 heterocycles. The molecule has 0 aliphatic carbocycles. The van der Waals surface area contributed by atoms with Crippen molar-refractivity contribution in [1.82, 2.24) is 5.32 Å². The highest BCUT2D eigenvalue weighted by molar-refractivity contribution is 6.31. The molecule has 114 valence electrons. The lowest BCUT2D eigenvalue weighted by atomic mass is 10.1. The van der Waals surface area contributed by atoms with Crippen molar-refractivity contribution in [2.75, 3.05) is 32.2 Å². The molecule has 3 nitrogen and oxygen atoms in total. The van der Waals surface area contributed by atoms with Crippen LogP contribution in [-0.2, 0) is 11.3 Å². The van der Waals surface area contributed by atoms with E-state index >= 15 is 0 Å². The largest absolute Gasteiger partial charge is 0.383 e. The van der Waals surface area contributed by atoms with E-state index in [9.17, 15) is 0 Å². The molecule has 0 unspecified atom stereocenters. The van der Waals surface area contributed by atoms with E-state index in [0.717, 1.165) is 36.5 Å². The molecule has 0 radical (unpaired) electrons. The number of nitrogens with one attached hydrogen (secondary N) is 1. The van der Waals surface area contributed by atoms with Gasteiger partial charge in [0, 0.05) is 44.0 Å². The van der Waals surface area contributed by atoms with Gasteiger partial charge in [0.25, 0.3) is 0 Å². The Hall–Kier alpha value is -0.770. The van der Waals surface area contributed by atoms with Crippen LogP contribution >= 0.6 is 11.6 Å². The quantitative estimate of drug-likeness (QED) is 0.704. The van der Waals surface area contributed by atoms with Crippen LogP contribution in [0.2, 0.25) is 5.02 Å². The van der Waals surface area contributed by atoms with Crippen LogP contribution in [0.5, 0.6) is 0 Å². The van der Waals surface area contributed by atoms with E-state index in [0.29, 0.717) is 12.6 Å². The van der Waals surface area contributed by atoms with Gasteiger partial charge < -0.3 is 15.0 Å². The zero-order chi connectivity index (χ0) is 15.0. The highest BCUT2D eigenvalue weighted by atomic mass is 35.5. The second-order valence-corrected chi connectivity index (χ2v) is 5.43. The minimum Gasteiger partial charge on any atom is -0.383 e. The molecule has 1 aromatic rings. The lowest BCUT2D eigenvalue weighted by Gasteiger charge is -2.28. The number of hydrogen-bond donors (Lipinski definition) is 1.